The Balaban J connectivity index is 2.34. The molecular formula is C12H13BrN2O5P+. The van der Waals surface area contributed by atoms with E-state index in [1.807, 2.05) is 6.92 Å². The quantitative estimate of drug-likeness (QED) is 0.459. The first kappa shape index (κ1) is 15.9. The first-order chi connectivity index (χ1) is 10.0. The molecule has 0 bridgehead atoms. The fraction of sp³-hybridized carbons (Fsp3) is 0.333. The Morgan fingerprint density at radius 1 is 1.24 bits per heavy atom. The molecular weight excluding hydrogens is 363 g/mol. The predicted octanol–water partition coefficient (Wildman–Crippen LogP) is 2.83. The fourth-order valence-corrected chi connectivity index (χ4v) is 2.69. The second-order valence-electron chi connectivity index (χ2n) is 4.24. The SMILES string of the molecule is CCCCO[P+](=O)Oc1cc(Br)cc2[nH]c(=O)c(=O)[nH]c12. The van der Waals surface area contributed by atoms with Crippen molar-refractivity contribution in [2.45, 2.75) is 19.8 Å². The molecule has 0 saturated heterocycles. The zero-order valence-corrected chi connectivity index (χ0v) is 13.6. The maximum Gasteiger partial charge on any atom is 0.750 e. The lowest BCUT2D eigenvalue weighted by Gasteiger charge is -2.01. The van der Waals surface area contributed by atoms with Crippen molar-refractivity contribution >= 4 is 35.2 Å². The predicted molar refractivity (Wildman–Crippen MR) is 82.0 cm³/mol. The first-order valence-corrected chi connectivity index (χ1v) is 8.14. The number of aromatic nitrogens is 2. The number of hydrogen-bond acceptors (Lipinski definition) is 5. The van der Waals surface area contributed by atoms with Crippen LogP contribution in [-0.4, -0.2) is 16.6 Å². The third-order valence-corrected chi connectivity index (χ3v) is 3.82. The lowest BCUT2D eigenvalue weighted by Crippen LogP contribution is -2.29. The summed E-state index contributed by atoms with van der Waals surface area (Å²) < 4.78 is 22.6. The summed E-state index contributed by atoms with van der Waals surface area (Å²) in [5.41, 5.74) is -0.960. The van der Waals surface area contributed by atoms with E-state index in [1.54, 1.807) is 6.07 Å². The Kier molecular flexibility index (Phi) is 5.27. The Morgan fingerprint density at radius 3 is 2.67 bits per heavy atom. The van der Waals surface area contributed by atoms with Gasteiger partial charge in [0.1, 0.15) is 12.1 Å². The van der Waals surface area contributed by atoms with E-state index in [-0.39, 0.29) is 11.3 Å². The average molecular weight is 376 g/mol. The summed E-state index contributed by atoms with van der Waals surface area (Å²) in [4.78, 5) is 27.5. The van der Waals surface area contributed by atoms with Crippen LogP contribution in [0.1, 0.15) is 19.8 Å². The monoisotopic (exact) mass is 375 g/mol. The third kappa shape index (κ3) is 4.00. The number of aromatic amines is 2. The van der Waals surface area contributed by atoms with Crippen LogP contribution in [0.25, 0.3) is 11.0 Å². The minimum Gasteiger partial charge on any atom is -0.316 e. The van der Waals surface area contributed by atoms with Gasteiger partial charge in [-0.2, -0.15) is 0 Å². The van der Waals surface area contributed by atoms with Crippen molar-refractivity contribution in [3.63, 3.8) is 0 Å². The molecule has 9 heteroatoms. The average Bonchev–Trinajstić information content (AvgIpc) is 2.41. The van der Waals surface area contributed by atoms with Gasteiger partial charge in [-0.15, -0.1) is 4.52 Å². The molecule has 7 nitrogen and oxygen atoms in total. The second kappa shape index (κ2) is 6.98. The van der Waals surface area contributed by atoms with Crippen molar-refractivity contribution in [2.24, 2.45) is 0 Å². The van der Waals surface area contributed by atoms with Gasteiger partial charge in [0, 0.05) is 15.1 Å². The molecule has 0 fully saturated rings. The van der Waals surface area contributed by atoms with Crippen molar-refractivity contribution in [3.8, 4) is 5.75 Å². The van der Waals surface area contributed by atoms with Crippen LogP contribution in [0.3, 0.4) is 0 Å². The normalized spacial score (nSPS) is 11.6. The summed E-state index contributed by atoms with van der Waals surface area (Å²) in [5.74, 6) is 0.158. The Morgan fingerprint density at radius 2 is 1.95 bits per heavy atom. The first-order valence-electron chi connectivity index (χ1n) is 6.25. The number of benzene rings is 1. The van der Waals surface area contributed by atoms with Crippen LogP contribution >= 0.6 is 24.2 Å². The molecule has 0 radical (unpaired) electrons. The van der Waals surface area contributed by atoms with Crippen molar-refractivity contribution in [2.75, 3.05) is 6.61 Å². The van der Waals surface area contributed by atoms with E-state index in [4.69, 9.17) is 9.05 Å². The lowest BCUT2D eigenvalue weighted by atomic mass is 10.3. The highest BCUT2D eigenvalue weighted by Crippen LogP contribution is 2.34. The molecule has 0 amide bonds. The topological polar surface area (TPSA) is 101 Å². The standard InChI is InChI=1S/C12H12BrN2O5P/c1-2-3-4-19-21(18)20-9-6-7(13)5-8-10(9)15-12(17)11(16)14-8/h5-6H,2-4H2,1H3,(H-,14,15,16,17)/p+1. The summed E-state index contributed by atoms with van der Waals surface area (Å²) in [6.07, 6.45) is 1.69. The summed E-state index contributed by atoms with van der Waals surface area (Å²) in [6.45, 7) is 2.31. The number of rotatable bonds is 6. The summed E-state index contributed by atoms with van der Waals surface area (Å²) in [7, 11) is -2.36. The van der Waals surface area contributed by atoms with E-state index < -0.39 is 19.4 Å². The van der Waals surface area contributed by atoms with Crippen LogP contribution in [-0.2, 0) is 9.09 Å². The Labute approximate surface area is 128 Å². The molecule has 1 unspecified atom stereocenters. The highest BCUT2D eigenvalue weighted by atomic mass is 79.9. The zero-order valence-electron chi connectivity index (χ0n) is 11.1. The molecule has 0 aliphatic rings. The molecule has 1 atom stereocenters. The van der Waals surface area contributed by atoms with Gasteiger partial charge in [0.15, 0.2) is 0 Å². The van der Waals surface area contributed by atoms with Gasteiger partial charge >= 0.3 is 19.4 Å². The summed E-state index contributed by atoms with van der Waals surface area (Å²) in [5, 5.41) is 0. The molecule has 1 heterocycles. The molecule has 2 aromatic rings. The molecule has 2 N–H and O–H groups in total. The van der Waals surface area contributed by atoms with E-state index >= 15 is 0 Å². The molecule has 0 spiro atoms. The number of H-pyrrole nitrogens is 2. The number of unbranched alkanes of at least 4 members (excludes halogenated alkanes) is 1. The minimum absolute atomic E-state index is 0.158. The third-order valence-electron chi connectivity index (χ3n) is 2.63. The molecule has 1 aromatic carbocycles. The van der Waals surface area contributed by atoms with Crippen LogP contribution in [0.4, 0.5) is 0 Å². The number of fused-ring (bicyclic) bond motifs is 1. The molecule has 0 aliphatic heterocycles. The van der Waals surface area contributed by atoms with Crippen LogP contribution in [0.2, 0.25) is 0 Å². The van der Waals surface area contributed by atoms with Gasteiger partial charge in [-0.3, -0.25) is 9.59 Å². The Bertz CT molecular complexity index is 785. The number of hydrogen-bond donors (Lipinski definition) is 2. The van der Waals surface area contributed by atoms with E-state index in [0.29, 0.717) is 16.6 Å². The molecule has 21 heavy (non-hydrogen) atoms. The Hall–Kier alpha value is -1.50. The zero-order chi connectivity index (χ0) is 15.4. The van der Waals surface area contributed by atoms with E-state index in [2.05, 4.69) is 25.9 Å². The van der Waals surface area contributed by atoms with E-state index in [1.165, 1.54) is 6.07 Å². The van der Waals surface area contributed by atoms with Crippen LogP contribution in [0, 0.1) is 0 Å². The smallest absolute Gasteiger partial charge is 0.316 e. The summed E-state index contributed by atoms with van der Waals surface area (Å²) in [6, 6.07) is 3.14. The second-order valence-corrected chi connectivity index (χ2v) is 6.04. The largest absolute Gasteiger partial charge is 0.750 e. The van der Waals surface area contributed by atoms with Crippen LogP contribution < -0.4 is 15.6 Å². The molecule has 2 rings (SSSR count). The number of nitrogens with one attached hydrogen (secondary N) is 2. The van der Waals surface area contributed by atoms with Gasteiger partial charge in [0.05, 0.1) is 5.52 Å². The minimum atomic E-state index is -2.36. The van der Waals surface area contributed by atoms with Crippen LogP contribution in [0.5, 0.6) is 5.75 Å². The molecule has 112 valence electrons. The van der Waals surface area contributed by atoms with Gasteiger partial charge in [-0.05, 0) is 12.5 Å². The molecule has 0 aliphatic carbocycles. The van der Waals surface area contributed by atoms with Gasteiger partial charge in [-0.1, -0.05) is 29.3 Å². The number of halogens is 1. The molecule has 0 saturated carbocycles. The van der Waals surface area contributed by atoms with E-state index in [9.17, 15) is 14.2 Å². The van der Waals surface area contributed by atoms with Crippen molar-refractivity contribution in [1.82, 2.24) is 9.97 Å². The van der Waals surface area contributed by atoms with Crippen molar-refractivity contribution in [3.05, 3.63) is 37.3 Å². The molecule has 1 aromatic heterocycles. The lowest BCUT2D eigenvalue weighted by molar-refractivity contribution is 0.281. The van der Waals surface area contributed by atoms with Gasteiger partial charge in [-0.25, -0.2) is 4.52 Å². The van der Waals surface area contributed by atoms with Crippen LogP contribution in [0.15, 0.2) is 26.2 Å². The maximum absolute atomic E-state index is 11.7. The van der Waals surface area contributed by atoms with Crippen molar-refractivity contribution in [1.29, 1.82) is 0 Å². The highest BCUT2D eigenvalue weighted by Gasteiger charge is 2.24. The van der Waals surface area contributed by atoms with Gasteiger partial charge < -0.3 is 9.97 Å². The van der Waals surface area contributed by atoms with E-state index in [0.717, 1.165) is 12.8 Å². The maximum atomic E-state index is 11.7. The highest BCUT2D eigenvalue weighted by molar-refractivity contribution is 9.10. The fourth-order valence-electron chi connectivity index (χ4n) is 1.62. The van der Waals surface area contributed by atoms with Crippen molar-refractivity contribution < 1.29 is 13.6 Å². The van der Waals surface area contributed by atoms with Gasteiger partial charge in [0.25, 0.3) is 0 Å². The summed E-state index contributed by atoms with van der Waals surface area (Å²) >= 11 is 3.25. The van der Waals surface area contributed by atoms with Gasteiger partial charge in [0.2, 0.25) is 5.75 Å².